The fourth-order valence-electron chi connectivity index (χ4n) is 2.98. The van der Waals surface area contributed by atoms with Crippen molar-refractivity contribution in [1.82, 2.24) is 14.8 Å². The van der Waals surface area contributed by atoms with Crippen LogP contribution in [0.1, 0.15) is 15.9 Å². The third-order valence-electron chi connectivity index (χ3n) is 4.35. The van der Waals surface area contributed by atoms with Gasteiger partial charge in [-0.15, -0.1) is 10.2 Å². The van der Waals surface area contributed by atoms with Crippen LogP contribution in [0.25, 0.3) is 17.1 Å². The second kappa shape index (κ2) is 8.23. The smallest absolute Gasteiger partial charge is 0.196 e. The van der Waals surface area contributed by atoms with Crippen molar-refractivity contribution in [3.8, 4) is 17.1 Å². The van der Waals surface area contributed by atoms with E-state index < -0.39 is 0 Å². The maximum absolute atomic E-state index is 12.5. The van der Waals surface area contributed by atoms with E-state index in [0.717, 1.165) is 22.6 Å². The number of ketones is 1. The van der Waals surface area contributed by atoms with Gasteiger partial charge < -0.3 is 0 Å². The summed E-state index contributed by atoms with van der Waals surface area (Å²) in [6.45, 7) is 2.06. The molecule has 0 bridgehead atoms. The van der Waals surface area contributed by atoms with Gasteiger partial charge in [-0.25, -0.2) is 0 Å². The number of nitrogens with zero attached hydrogens (tertiary/aromatic N) is 3. The Balaban J connectivity index is 1.69. The van der Waals surface area contributed by atoms with Crippen molar-refractivity contribution in [2.45, 2.75) is 12.1 Å². The van der Waals surface area contributed by atoms with Crippen molar-refractivity contribution in [3.05, 3.63) is 96.1 Å². The summed E-state index contributed by atoms with van der Waals surface area (Å²) >= 11 is 1.40. The highest BCUT2D eigenvalue weighted by Crippen LogP contribution is 2.28. The van der Waals surface area contributed by atoms with E-state index in [0.29, 0.717) is 16.5 Å². The van der Waals surface area contributed by atoms with E-state index in [4.69, 9.17) is 0 Å². The minimum absolute atomic E-state index is 0.0744. The quantitative estimate of drug-likeness (QED) is 0.337. The standard InChI is InChI=1S/C23H19N3OS/c1-17-9-8-12-19(15-17)22-24-25-23(26(22)20-13-6-3-7-14-20)28-16-21(27)18-10-4-2-5-11-18/h2-15H,16H2,1H3. The molecule has 0 aliphatic rings. The van der Waals surface area contributed by atoms with Gasteiger partial charge in [0.15, 0.2) is 16.8 Å². The summed E-state index contributed by atoms with van der Waals surface area (Å²) < 4.78 is 2.01. The molecule has 28 heavy (non-hydrogen) atoms. The third kappa shape index (κ3) is 3.89. The largest absolute Gasteiger partial charge is 0.293 e. The Morgan fingerprint density at radius 3 is 2.32 bits per heavy atom. The maximum Gasteiger partial charge on any atom is 0.196 e. The number of aryl methyl sites for hydroxylation is 1. The van der Waals surface area contributed by atoms with Crippen LogP contribution in [0.15, 0.2) is 90.1 Å². The van der Waals surface area contributed by atoms with Crippen molar-refractivity contribution < 1.29 is 4.79 Å². The van der Waals surface area contributed by atoms with Crippen molar-refractivity contribution >= 4 is 17.5 Å². The molecule has 0 saturated carbocycles. The van der Waals surface area contributed by atoms with Crippen LogP contribution in [0.3, 0.4) is 0 Å². The molecule has 0 unspecified atom stereocenters. The van der Waals surface area contributed by atoms with Gasteiger partial charge in [-0.05, 0) is 25.1 Å². The molecule has 1 heterocycles. The lowest BCUT2D eigenvalue weighted by Crippen LogP contribution is -2.04. The summed E-state index contributed by atoms with van der Waals surface area (Å²) in [5, 5.41) is 9.52. The molecule has 0 spiro atoms. The molecular weight excluding hydrogens is 366 g/mol. The number of hydrogen-bond donors (Lipinski definition) is 0. The van der Waals surface area contributed by atoms with E-state index in [1.807, 2.05) is 77.4 Å². The Hall–Kier alpha value is -3.18. The molecule has 0 radical (unpaired) electrons. The number of aromatic nitrogens is 3. The SMILES string of the molecule is Cc1cccc(-c2nnc(SCC(=O)c3ccccc3)n2-c2ccccc2)c1. The Labute approximate surface area is 168 Å². The highest BCUT2D eigenvalue weighted by atomic mass is 32.2. The number of rotatable bonds is 6. The first-order valence-electron chi connectivity index (χ1n) is 9.01. The highest BCUT2D eigenvalue weighted by Gasteiger charge is 2.17. The molecule has 0 aliphatic heterocycles. The van der Waals surface area contributed by atoms with E-state index in [2.05, 4.69) is 29.3 Å². The number of thioether (sulfide) groups is 1. The number of para-hydroxylation sites is 1. The Bertz CT molecular complexity index is 1090. The van der Waals surface area contributed by atoms with E-state index in [-0.39, 0.29) is 5.78 Å². The first-order valence-corrected chi connectivity index (χ1v) is 10.00. The summed E-state index contributed by atoms with van der Waals surface area (Å²) in [7, 11) is 0. The van der Waals surface area contributed by atoms with Crippen LogP contribution >= 0.6 is 11.8 Å². The minimum Gasteiger partial charge on any atom is -0.293 e. The fraction of sp³-hybridized carbons (Fsp3) is 0.0870. The van der Waals surface area contributed by atoms with E-state index in [1.165, 1.54) is 11.8 Å². The zero-order valence-corrected chi connectivity index (χ0v) is 16.3. The molecule has 0 amide bonds. The van der Waals surface area contributed by atoms with Crippen LogP contribution in [0.5, 0.6) is 0 Å². The first-order chi connectivity index (χ1) is 13.7. The maximum atomic E-state index is 12.5. The van der Waals surface area contributed by atoms with Crippen LogP contribution in [0, 0.1) is 6.92 Å². The van der Waals surface area contributed by atoms with Crippen LogP contribution in [0.2, 0.25) is 0 Å². The van der Waals surface area contributed by atoms with Crippen molar-refractivity contribution in [3.63, 3.8) is 0 Å². The van der Waals surface area contributed by atoms with Gasteiger partial charge in [-0.2, -0.15) is 0 Å². The monoisotopic (exact) mass is 385 g/mol. The number of hydrogen-bond acceptors (Lipinski definition) is 4. The molecule has 138 valence electrons. The predicted octanol–water partition coefficient (Wildman–Crippen LogP) is 5.22. The lowest BCUT2D eigenvalue weighted by atomic mass is 10.1. The number of Topliss-reactive ketones (excluding diaryl/α,β-unsaturated/α-hetero) is 1. The molecule has 0 aliphatic carbocycles. The molecular formula is C23H19N3OS. The summed E-state index contributed by atoms with van der Waals surface area (Å²) in [5.41, 5.74) is 3.84. The minimum atomic E-state index is 0.0744. The van der Waals surface area contributed by atoms with E-state index in [9.17, 15) is 4.79 Å². The van der Waals surface area contributed by atoms with Crippen LogP contribution in [0.4, 0.5) is 0 Å². The normalized spacial score (nSPS) is 10.8. The molecule has 0 saturated heterocycles. The van der Waals surface area contributed by atoms with Gasteiger partial charge in [0.25, 0.3) is 0 Å². The molecule has 0 fully saturated rings. The van der Waals surface area contributed by atoms with Gasteiger partial charge in [0.05, 0.1) is 5.75 Å². The lowest BCUT2D eigenvalue weighted by Gasteiger charge is -2.10. The van der Waals surface area contributed by atoms with Crippen LogP contribution < -0.4 is 0 Å². The van der Waals surface area contributed by atoms with Gasteiger partial charge in [0, 0.05) is 16.8 Å². The second-order valence-electron chi connectivity index (χ2n) is 6.42. The van der Waals surface area contributed by atoms with Gasteiger partial charge in [0.1, 0.15) is 0 Å². The van der Waals surface area contributed by atoms with Crippen molar-refractivity contribution in [2.24, 2.45) is 0 Å². The number of benzene rings is 3. The van der Waals surface area contributed by atoms with Gasteiger partial charge in [-0.1, -0.05) is 84.1 Å². The van der Waals surface area contributed by atoms with Gasteiger partial charge in [0.2, 0.25) is 0 Å². The second-order valence-corrected chi connectivity index (χ2v) is 7.37. The molecule has 5 heteroatoms. The first kappa shape index (κ1) is 18.2. The molecule has 4 aromatic rings. The highest BCUT2D eigenvalue weighted by molar-refractivity contribution is 7.99. The third-order valence-corrected chi connectivity index (χ3v) is 5.28. The van der Waals surface area contributed by atoms with Gasteiger partial charge >= 0.3 is 0 Å². The van der Waals surface area contributed by atoms with Gasteiger partial charge in [-0.3, -0.25) is 9.36 Å². The van der Waals surface area contributed by atoms with Crippen molar-refractivity contribution in [1.29, 1.82) is 0 Å². The summed E-state index contributed by atoms with van der Waals surface area (Å²) in [6.07, 6.45) is 0. The zero-order chi connectivity index (χ0) is 19.3. The molecule has 3 aromatic carbocycles. The molecule has 4 nitrogen and oxygen atoms in total. The molecule has 0 N–H and O–H groups in total. The fourth-order valence-corrected chi connectivity index (χ4v) is 3.83. The van der Waals surface area contributed by atoms with Crippen molar-refractivity contribution in [2.75, 3.05) is 5.75 Å². The molecule has 1 aromatic heterocycles. The number of carbonyl (C=O) groups excluding carboxylic acids is 1. The predicted molar refractivity (Wildman–Crippen MR) is 113 cm³/mol. The average Bonchev–Trinajstić information content (AvgIpc) is 3.17. The van der Waals surface area contributed by atoms with E-state index in [1.54, 1.807) is 0 Å². The topological polar surface area (TPSA) is 47.8 Å². The Morgan fingerprint density at radius 1 is 0.893 bits per heavy atom. The number of carbonyl (C=O) groups is 1. The average molecular weight is 385 g/mol. The summed E-state index contributed by atoms with van der Waals surface area (Å²) in [6, 6.07) is 27.5. The lowest BCUT2D eigenvalue weighted by molar-refractivity contribution is 0.102. The summed E-state index contributed by atoms with van der Waals surface area (Å²) in [5.74, 6) is 1.15. The van der Waals surface area contributed by atoms with Crippen LogP contribution in [-0.2, 0) is 0 Å². The van der Waals surface area contributed by atoms with Crippen LogP contribution in [-0.4, -0.2) is 26.3 Å². The molecule has 4 rings (SSSR count). The Morgan fingerprint density at radius 2 is 1.61 bits per heavy atom. The summed E-state index contributed by atoms with van der Waals surface area (Å²) in [4.78, 5) is 12.5. The Kier molecular flexibility index (Phi) is 5.35. The zero-order valence-electron chi connectivity index (χ0n) is 15.4. The molecule has 0 atom stereocenters. The van der Waals surface area contributed by atoms with E-state index >= 15 is 0 Å².